The van der Waals surface area contributed by atoms with Gasteiger partial charge in [-0.05, 0) is 56.2 Å². The Morgan fingerprint density at radius 1 is 1.26 bits per heavy atom. The Kier molecular flexibility index (Phi) is 13.0. The number of aromatic nitrogens is 2. The van der Waals surface area contributed by atoms with Crippen molar-refractivity contribution in [2.75, 3.05) is 20.2 Å². The molecule has 0 spiro atoms. The lowest BCUT2D eigenvalue weighted by molar-refractivity contribution is 0.170. The number of H-pyrrole nitrogens is 1. The Morgan fingerprint density at radius 2 is 1.88 bits per heavy atom. The van der Waals surface area contributed by atoms with Gasteiger partial charge in [-0.3, -0.25) is 0 Å². The van der Waals surface area contributed by atoms with Gasteiger partial charge in [0.2, 0.25) is 10.0 Å². The summed E-state index contributed by atoms with van der Waals surface area (Å²) in [5.74, 6) is 3.04. The molecule has 0 bridgehead atoms. The van der Waals surface area contributed by atoms with Gasteiger partial charge in [0.1, 0.15) is 5.82 Å². The van der Waals surface area contributed by atoms with Gasteiger partial charge in [-0.15, -0.1) is 6.42 Å². The molecular weight excluding hydrogens is 476 g/mol. The zero-order valence-corrected chi connectivity index (χ0v) is 21.7. The number of aromatic amines is 1. The second-order valence-electron chi connectivity index (χ2n) is 6.96. The Balaban J connectivity index is 0.000000317. The van der Waals surface area contributed by atoms with Crippen molar-refractivity contribution in [1.29, 1.82) is 0 Å². The van der Waals surface area contributed by atoms with Gasteiger partial charge in [0, 0.05) is 23.8 Å². The lowest BCUT2D eigenvalue weighted by Gasteiger charge is -2.25. The highest BCUT2D eigenvalue weighted by Gasteiger charge is 2.25. The molecule has 0 saturated carbocycles. The van der Waals surface area contributed by atoms with Crippen LogP contribution in [-0.2, 0) is 21.3 Å². The fourth-order valence-electron chi connectivity index (χ4n) is 3.00. The molecule has 8 nitrogen and oxygen atoms in total. The fraction of sp³-hybridized carbons (Fsp3) is 0.417. The molecule has 1 aliphatic rings. The number of benzene rings is 1. The normalized spacial score (nSPS) is 13.6. The number of carbonyl (C=O) groups is 1. The maximum absolute atomic E-state index is 12.2. The van der Waals surface area contributed by atoms with Crippen molar-refractivity contribution in [1.82, 2.24) is 19.6 Å². The van der Waals surface area contributed by atoms with Crippen molar-refractivity contribution >= 4 is 33.8 Å². The van der Waals surface area contributed by atoms with Crippen LogP contribution in [0, 0.1) is 19.3 Å². The number of alkyl carbamates (subject to hydrolysis) is 1. The minimum absolute atomic E-state index is 0.289. The first-order valence-corrected chi connectivity index (χ1v) is 12.9. The van der Waals surface area contributed by atoms with Crippen LogP contribution in [0.1, 0.15) is 50.3 Å². The highest BCUT2D eigenvalue weighted by atomic mass is 35.5. The second kappa shape index (κ2) is 15.2. The van der Waals surface area contributed by atoms with E-state index < -0.39 is 16.1 Å². The monoisotopic (exact) mass is 508 g/mol. The fourth-order valence-corrected chi connectivity index (χ4v) is 4.64. The van der Waals surface area contributed by atoms with Crippen LogP contribution < -0.4 is 5.32 Å². The Bertz CT molecular complexity index is 1070. The van der Waals surface area contributed by atoms with E-state index in [0.717, 1.165) is 30.7 Å². The second-order valence-corrected chi connectivity index (χ2v) is 9.33. The first-order valence-electron chi connectivity index (χ1n) is 11.0. The molecule has 1 fully saturated rings. The van der Waals surface area contributed by atoms with Crippen molar-refractivity contribution in [3.05, 3.63) is 52.6 Å². The van der Waals surface area contributed by atoms with E-state index in [1.54, 1.807) is 40.7 Å². The molecule has 1 aromatic carbocycles. The molecule has 3 rings (SSSR count). The van der Waals surface area contributed by atoms with Gasteiger partial charge >= 0.3 is 6.09 Å². The summed E-state index contributed by atoms with van der Waals surface area (Å²) in [5, 5.41) is 3.08. The van der Waals surface area contributed by atoms with Crippen molar-refractivity contribution in [2.24, 2.45) is 0 Å². The summed E-state index contributed by atoms with van der Waals surface area (Å²) < 4.78 is 30.4. The van der Waals surface area contributed by atoms with E-state index >= 15 is 0 Å². The molecule has 1 amide bonds. The first-order chi connectivity index (χ1) is 16.3. The molecule has 0 radical (unpaired) electrons. The zero-order valence-electron chi connectivity index (χ0n) is 20.1. The number of halogens is 1. The Morgan fingerprint density at radius 3 is 2.44 bits per heavy atom. The first kappa shape index (κ1) is 29.2. The van der Waals surface area contributed by atoms with Crippen LogP contribution in [0.4, 0.5) is 4.79 Å². The van der Waals surface area contributed by atoms with E-state index in [-0.39, 0.29) is 6.54 Å². The summed E-state index contributed by atoms with van der Waals surface area (Å²) in [6, 6.07) is 6.34. The number of imidazole rings is 1. The number of hydrogen-bond donors (Lipinski definition) is 2. The standard InChI is InChI=1S/C11H14ClNO2S.C11H13N3O2.C2H6/c12-10-4-6-11(7-5-10)16(14,15)13-8-2-1-3-9-13;1-4-5-6-9-8(2)13-10(14-9)7-12-11(15)16-3;1-2/h4-7H,1-3,8-9H2;1,5-6H,7H2,2-3H3,(H,12,15)(H,13,14);1-2H3/b;6-5-;. The van der Waals surface area contributed by atoms with Crippen LogP contribution in [0.2, 0.25) is 5.02 Å². The summed E-state index contributed by atoms with van der Waals surface area (Å²) in [4.78, 5) is 18.4. The van der Waals surface area contributed by atoms with Gasteiger partial charge in [0.25, 0.3) is 0 Å². The third kappa shape index (κ3) is 9.21. The zero-order chi connectivity index (χ0) is 25.6. The van der Waals surface area contributed by atoms with Crippen molar-refractivity contribution < 1.29 is 17.9 Å². The van der Waals surface area contributed by atoms with Gasteiger partial charge < -0.3 is 15.0 Å². The van der Waals surface area contributed by atoms with Gasteiger partial charge in [0.15, 0.2) is 0 Å². The molecule has 1 aromatic heterocycles. The molecule has 34 heavy (non-hydrogen) atoms. The number of terminal acetylenes is 1. The number of hydrogen-bond acceptors (Lipinski definition) is 5. The topological polar surface area (TPSA) is 104 Å². The maximum Gasteiger partial charge on any atom is 0.407 e. The number of ether oxygens (including phenoxy) is 1. The van der Waals surface area contributed by atoms with Crippen LogP contribution in [0.25, 0.3) is 6.08 Å². The molecule has 2 N–H and O–H groups in total. The number of rotatable bonds is 5. The molecule has 1 aliphatic heterocycles. The Hall–Kier alpha value is -2.80. The number of nitrogens with zero attached hydrogens (tertiary/aromatic N) is 2. The summed E-state index contributed by atoms with van der Waals surface area (Å²) in [5.41, 5.74) is 1.66. The van der Waals surface area contributed by atoms with Crippen LogP contribution in [0.15, 0.2) is 35.2 Å². The lowest BCUT2D eigenvalue weighted by Crippen LogP contribution is -2.35. The highest BCUT2D eigenvalue weighted by molar-refractivity contribution is 7.89. The van der Waals surface area contributed by atoms with Crippen LogP contribution in [-0.4, -0.2) is 49.0 Å². The molecule has 0 atom stereocenters. The van der Waals surface area contributed by atoms with E-state index in [1.807, 2.05) is 20.8 Å². The smallest absolute Gasteiger partial charge is 0.407 e. The highest BCUT2D eigenvalue weighted by Crippen LogP contribution is 2.21. The van der Waals surface area contributed by atoms with Crippen LogP contribution in [0.3, 0.4) is 0 Å². The molecule has 10 heteroatoms. The summed E-state index contributed by atoms with van der Waals surface area (Å²) in [7, 11) is -1.99. The van der Waals surface area contributed by atoms with E-state index in [0.29, 0.717) is 28.8 Å². The summed E-state index contributed by atoms with van der Waals surface area (Å²) >= 11 is 5.74. The Labute approximate surface area is 207 Å². The van der Waals surface area contributed by atoms with Crippen molar-refractivity contribution in [2.45, 2.75) is 51.5 Å². The minimum Gasteiger partial charge on any atom is -0.453 e. The number of allylic oxidation sites excluding steroid dienone is 1. The van der Waals surface area contributed by atoms with E-state index in [1.165, 1.54) is 7.11 Å². The van der Waals surface area contributed by atoms with Gasteiger partial charge in [-0.1, -0.05) is 37.8 Å². The predicted octanol–water partition coefficient (Wildman–Crippen LogP) is 4.76. The average molecular weight is 509 g/mol. The third-order valence-electron chi connectivity index (χ3n) is 4.66. The van der Waals surface area contributed by atoms with E-state index in [2.05, 4.69) is 25.9 Å². The van der Waals surface area contributed by atoms with E-state index in [9.17, 15) is 13.2 Å². The van der Waals surface area contributed by atoms with Gasteiger partial charge in [-0.25, -0.2) is 18.2 Å². The molecule has 2 aromatic rings. The molecular formula is C24H33ClN4O4S. The molecule has 186 valence electrons. The van der Waals surface area contributed by atoms with Crippen molar-refractivity contribution in [3.63, 3.8) is 0 Å². The number of piperidine rings is 1. The molecule has 0 aliphatic carbocycles. The third-order valence-corrected chi connectivity index (χ3v) is 6.83. The quantitative estimate of drug-likeness (QED) is 0.566. The molecule has 0 unspecified atom stereocenters. The predicted molar refractivity (Wildman–Crippen MR) is 136 cm³/mol. The van der Waals surface area contributed by atoms with Crippen molar-refractivity contribution in [3.8, 4) is 12.3 Å². The number of carbonyl (C=O) groups excluding carboxylic acids is 1. The maximum atomic E-state index is 12.2. The SMILES string of the molecule is C#C/C=C\c1nc(CNC(=O)OC)[nH]c1C.CC.O=S(=O)(c1ccc(Cl)cc1)N1CCCCC1. The number of methoxy groups -OCH3 is 1. The lowest BCUT2D eigenvalue weighted by atomic mass is 10.2. The number of nitrogens with one attached hydrogen (secondary N) is 2. The summed E-state index contributed by atoms with van der Waals surface area (Å²) in [6.45, 7) is 7.43. The van der Waals surface area contributed by atoms with Gasteiger partial charge in [-0.2, -0.15) is 4.31 Å². The number of aryl methyl sites for hydroxylation is 1. The number of sulfonamides is 1. The number of amides is 1. The van der Waals surface area contributed by atoms with Gasteiger partial charge in [0.05, 0.1) is 24.2 Å². The van der Waals surface area contributed by atoms with Crippen LogP contribution >= 0.6 is 11.6 Å². The molecule has 2 heterocycles. The average Bonchev–Trinajstić information content (AvgIpc) is 3.22. The largest absolute Gasteiger partial charge is 0.453 e. The van der Waals surface area contributed by atoms with Crippen LogP contribution in [0.5, 0.6) is 0 Å². The minimum atomic E-state index is -3.30. The van der Waals surface area contributed by atoms with E-state index in [4.69, 9.17) is 18.0 Å². The molecule has 1 saturated heterocycles. The summed E-state index contributed by atoms with van der Waals surface area (Å²) in [6.07, 6.45) is 10.9.